The van der Waals surface area contributed by atoms with Gasteiger partial charge < -0.3 is 19.4 Å². The minimum Gasteiger partial charge on any atom is -0.462 e. The normalized spacial score (nSPS) is 19.5. The van der Waals surface area contributed by atoms with E-state index in [0.717, 1.165) is 30.2 Å². The number of anilines is 1. The Kier molecular flexibility index (Phi) is 7.96. The van der Waals surface area contributed by atoms with E-state index in [4.69, 9.17) is 37.9 Å². The lowest BCUT2D eigenvalue weighted by molar-refractivity contribution is -0.126. The lowest BCUT2D eigenvalue weighted by atomic mass is 9.97. The quantitative estimate of drug-likeness (QED) is 0.230. The summed E-state index contributed by atoms with van der Waals surface area (Å²) >= 11 is 13.4. The highest BCUT2D eigenvalue weighted by Crippen LogP contribution is 2.41. The number of benzene rings is 3. The number of likely N-dealkylation sites (N-methyl/N-ethyl adjacent to an activating group) is 1. The summed E-state index contributed by atoms with van der Waals surface area (Å²) in [5, 5.41) is 2.68. The predicted octanol–water partition coefficient (Wildman–Crippen LogP) is 6.59. The van der Waals surface area contributed by atoms with Gasteiger partial charge >= 0.3 is 6.01 Å². The van der Waals surface area contributed by atoms with Crippen LogP contribution < -0.4 is 9.64 Å². The van der Waals surface area contributed by atoms with Crippen molar-refractivity contribution in [3.8, 4) is 17.1 Å². The fourth-order valence-electron chi connectivity index (χ4n) is 6.10. The number of hydrogen-bond acceptors (Lipinski definition) is 6. The monoisotopic (exact) mass is 607 g/mol. The molecule has 3 heterocycles. The van der Waals surface area contributed by atoms with Gasteiger partial charge in [-0.3, -0.25) is 4.79 Å². The zero-order valence-electron chi connectivity index (χ0n) is 23.6. The van der Waals surface area contributed by atoms with E-state index < -0.39 is 5.82 Å². The van der Waals surface area contributed by atoms with Gasteiger partial charge in [-0.15, -0.1) is 0 Å². The zero-order chi connectivity index (χ0) is 29.5. The fraction of sp³-hybridized carbons (Fsp3) is 0.344. The molecule has 2 atom stereocenters. The second-order valence-corrected chi connectivity index (χ2v) is 11.8. The van der Waals surface area contributed by atoms with Crippen LogP contribution >= 0.6 is 23.2 Å². The van der Waals surface area contributed by atoms with Gasteiger partial charge in [-0.25, -0.2) is 4.39 Å². The van der Waals surface area contributed by atoms with Crippen molar-refractivity contribution in [2.75, 3.05) is 44.7 Å². The summed E-state index contributed by atoms with van der Waals surface area (Å²) in [5.74, 6) is 0.119. The van der Waals surface area contributed by atoms with Crippen molar-refractivity contribution in [2.24, 2.45) is 0 Å². The third kappa shape index (κ3) is 5.27. The summed E-state index contributed by atoms with van der Waals surface area (Å²) in [5.41, 5.74) is 2.04. The van der Waals surface area contributed by atoms with E-state index >= 15 is 0 Å². The number of piperazine rings is 1. The first-order chi connectivity index (χ1) is 20.2. The molecule has 10 heteroatoms. The third-order valence-corrected chi connectivity index (χ3v) is 9.11. The van der Waals surface area contributed by atoms with Crippen LogP contribution in [0.3, 0.4) is 0 Å². The minimum absolute atomic E-state index is 0.0205. The van der Waals surface area contributed by atoms with Crippen LogP contribution in [0, 0.1) is 5.82 Å². The van der Waals surface area contributed by atoms with Crippen LogP contribution in [0.1, 0.15) is 19.8 Å². The Balaban J connectivity index is 1.47. The Labute approximate surface area is 254 Å². The molecule has 7 nitrogen and oxygen atoms in total. The van der Waals surface area contributed by atoms with E-state index in [9.17, 15) is 9.18 Å². The smallest absolute Gasteiger partial charge is 0.319 e. The van der Waals surface area contributed by atoms with Crippen molar-refractivity contribution < 1.29 is 13.9 Å². The Morgan fingerprint density at radius 3 is 2.71 bits per heavy atom. The SMILES string of the molecule is C=CC(=O)N1CCN(c2nc(OCC3CCCN3C)nc3cc(-c4cccc5ccc(F)c(Cl)c45)c(Cl)cc23)C(C)C1. The molecule has 6 rings (SSSR count). The van der Waals surface area contributed by atoms with Crippen molar-refractivity contribution >= 4 is 56.6 Å². The Bertz CT molecular complexity index is 1700. The molecule has 2 unspecified atom stereocenters. The Morgan fingerprint density at radius 2 is 1.98 bits per heavy atom. The topological polar surface area (TPSA) is 61.8 Å². The Morgan fingerprint density at radius 1 is 1.14 bits per heavy atom. The van der Waals surface area contributed by atoms with Gasteiger partial charge in [-0.2, -0.15) is 9.97 Å². The highest BCUT2D eigenvalue weighted by Gasteiger charge is 2.29. The van der Waals surface area contributed by atoms with Crippen molar-refractivity contribution in [2.45, 2.75) is 31.8 Å². The zero-order valence-corrected chi connectivity index (χ0v) is 25.1. The second-order valence-electron chi connectivity index (χ2n) is 11.1. The largest absolute Gasteiger partial charge is 0.462 e. The highest BCUT2D eigenvalue weighted by atomic mass is 35.5. The molecule has 0 aliphatic carbocycles. The molecule has 0 spiro atoms. The average molecular weight is 609 g/mol. The number of aromatic nitrogens is 2. The van der Waals surface area contributed by atoms with Gasteiger partial charge in [-0.1, -0.05) is 54.0 Å². The summed E-state index contributed by atoms with van der Waals surface area (Å²) in [6.45, 7) is 8.87. The van der Waals surface area contributed by atoms with Gasteiger partial charge in [0, 0.05) is 53.1 Å². The van der Waals surface area contributed by atoms with E-state index in [0.29, 0.717) is 65.2 Å². The maximum Gasteiger partial charge on any atom is 0.319 e. The number of ether oxygens (including phenoxy) is 1. The molecular weight excluding hydrogens is 576 g/mol. The van der Waals surface area contributed by atoms with Crippen LogP contribution in [0.25, 0.3) is 32.8 Å². The van der Waals surface area contributed by atoms with Gasteiger partial charge in [-0.05, 0) is 68.6 Å². The lowest BCUT2D eigenvalue weighted by Crippen LogP contribution is -2.53. The standard InChI is InChI=1S/C32H32Cl2FN5O2/c1-4-28(41)39-13-14-40(19(2)17-39)31-24-15-25(33)23(22-9-5-7-20-10-11-26(35)30(34)29(20)22)16-27(24)36-32(37-31)42-18-21-8-6-12-38(21)3/h4-5,7,9-11,15-16,19,21H,1,6,8,12-14,17-18H2,2-3H3. The first kappa shape index (κ1) is 28.6. The number of rotatable bonds is 6. The highest BCUT2D eigenvalue weighted by molar-refractivity contribution is 6.38. The average Bonchev–Trinajstić information content (AvgIpc) is 3.41. The molecule has 0 N–H and O–H groups in total. The van der Waals surface area contributed by atoms with Gasteiger partial charge in [0.1, 0.15) is 18.2 Å². The number of amides is 1. The molecule has 0 radical (unpaired) electrons. The van der Waals surface area contributed by atoms with Crippen molar-refractivity contribution in [3.63, 3.8) is 0 Å². The summed E-state index contributed by atoms with van der Waals surface area (Å²) in [6, 6.07) is 13.1. The minimum atomic E-state index is -0.492. The molecule has 2 saturated heterocycles. The number of halogens is 3. The molecule has 0 bridgehead atoms. The van der Waals surface area contributed by atoms with E-state index in [2.05, 4.69) is 30.4 Å². The van der Waals surface area contributed by atoms with Crippen molar-refractivity contribution in [1.82, 2.24) is 19.8 Å². The van der Waals surface area contributed by atoms with E-state index in [1.807, 2.05) is 30.3 Å². The van der Waals surface area contributed by atoms with E-state index in [1.165, 1.54) is 12.1 Å². The number of likely N-dealkylation sites (tertiary alicyclic amines) is 1. The van der Waals surface area contributed by atoms with Gasteiger partial charge in [0.25, 0.3) is 0 Å². The Hall–Kier alpha value is -3.46. The number of nitrogens with zero attached hydrogens (tertiary/aromatic N) is 5. The summed E-state index contributed by atoms with van der Waals surface area (Å²) in [7, 11) is 2.10. The van der Waals surface area contributed by atoms with Crippen LogP contribution in [-0.2, 0) is 4.79 Å². The van der Waals surface area contributed by atoms with Crippen LogP contribution in [0.2, 0.25) is 10.0 Å². The lowest BCUT2D eigenvalue weighted by Gasteiger charge is -2.40. The number of fused-ring (bicyclic) bond motifs is 2. The molecule has 1 aromatic heterocycles. The molecule has 4 aromatic rings. The fourth-order valence-corrected chi connectivity index (χ4v) is 6.64. The number of carbonyl (C=O) groups is 1. The molecule has 2 aliphatic rings. The van der Waals surface area contributed by atoms with Gasteiger partial charge in [0.15, 0.2) is 0 Å². The van der Waals surface area contributed by atoms with Crippen molar-refractivity contribution in [3.05, 3.63) is 71.0 Å². The number of carbonyl (C=O) groups excluding carboxylic acids is 1. The second kappa shape index (κ2) is 11.7. The molecule has 2 aliphatic heterocycles. The maximum atomic E-state index is 14.5. The number of hydrogen-bond donors (Lipinski definition) is 0. The molecule has 1 amide bonds. The van der Waals surface area contributed by atoms with E-state index in [-0.39, 0.29) is 23.0 Å². The molecule has 3 aromatic carbocycles. The first-order valence-electron chi connectivity index (χ1n) is 14.1. The molecule has 218 valence electrons. The molecule has 0 saturated carbocycles. The summed E-state index contributed by atoms with van der Waals surface area (Å²) in [6.07, 6.45) is 3.54. The van der Waals surface area contributed by atoms with Crippen molar-refractivity contribution in [1.29, 1.82) is 0 Å². The van der Waals surface area contributed by atoms with Gasteiger partial charge in [0.05, 0.1) is 10.5 Å². The molecule has 42 heavy (non-hydrogen) atoms. The predicted molar refractivity (Wildman–Crippen MR) is 167 cm³/mol. The van der Waals surface area contributed by atoms with Crippen LogP contribution in [0.15, 0.2) is 55.1 Å². The molecular formula is C32H32Cl2FN5O2. The van der Waals surface area contributed by atoms with Crippen LogP contribution in [-0.4, -0.2) is 77.6 Å². The maximum absolute atomic E-state index is 14.5. The first-order valence-corrected chi connectivity index (χ1v) is 14.9. The van der Waals surface area contributed by atoms with Crippen LogP contribution in [0.4, 0.5) is 10.2 Å². The summed E-state index contributed by atoms with van der Waals surface area (Å²) in [4.78, 5) is 28.3. The summed E-state index contributed by atoms with van der Waals surface area (Å²) < 4.78 is 20.8. The third-order valence-electron chi connectivity index (χ3n) is 8.43. The van der Waals surface area contributed by atoms with E-state index in [1.54, 1.807) is 11.0 Å². The van der Waals surface area contributed by atoms with Gasteiger partial charge in [0.2, 0.25) is 5.91 Å². The van der Waals surface area contributed by atoms with Crippen LogP contribution in [0.5, 0.6) is 6.01 Å². The molecule has 2 fully saturated rings.